The molecule has 0 atom stereocenters. The van der Waals surface area contributed by atoms with Gasteiger partial charge in [-0.1, -0.05) is 12.8 Å². The van der Waals surface area contributed by atoms with Gasteiger partial charge >= 0.3 is 0 Å². The Balaban J connectivity index is 2.52. The number of nitrogens with one attached hydrogen (secondary N) is 1. The first-order valence-electron chi connectivity index (χ1n) is 7.07. The van der Waals surface area contributed by atoms with Gasteiger partial charge in [0.15, 0.2) is 17.5 Å². The number of amides is 1. The van der Waals surface area contributed by atoms with Crippen LogP contribution in [0.2, 0.25) is 0 Å². The van der Waals surface area contributed by atoms with E-state index < -0.39 is 5.91 Å². The summed E-state index contributed by atoms with van der Waals surface area (Å²) in [5.41, 5.74) is 17.2. The van der Waals surface area contributed by atoms with Gasteiger partial charge in [-0.25, -0.2) is 9.97 Å². The number of aliphatic hydroxyl groups is 1. The number of aromatic nitrogens is 2. The highest BCUT2D eigenvalue weighted by Gasteiger charge is 2.15. The van der Waals surface area contributed by atoms with Crippen molar-refractivity contribution in [2.45, 2.75) is 32.6 Å². The van der Waals surface area contributed by atoms with Crippen LogP contribution in [0.1, 0.15) is 41.9 Å². The minimum absolute atomic E-state index is 0.00263. The summed E-state index contributed by atoms with van der Waals surface area (Å²) < 4.78 is 0. The summed E-state index contributed by atoms with van der Waals surface area (Å²) in [5, 5.41) is 11.1. The number of unbranched alkanes of at least 4 members (excludes halogenated alkanes) is 3. The van der Waals surface area contributed by atoms with E-state index in [0.29, 0.717) is 12.2 Å². The Labute approximate surface area is 129 Å². The van der Waals surface area contributed by atoms with Crippen LogP contribution in [0.4, 0.5) is 11.6 Å². The molecule has 0 radical (unpaired) electrons. The molecule has 0 aliphatic heterocycles. The number of guanidine groups is 1. The summed E-state index contributed by atoms with van der Waals surface area (Å²) in [7, 11) is 0. The van der Waals surface area contributed by atoms with Crippen LogP contribution in [0.5, 0.6) is 0 Å². The molecule has 0 aromatic carbocycles. The molecule has 1 amide bonds. The molecule has 1 aromatic heterocycles. The maximum absolute atomic E-state index is 12.0. The second kappa shape index (κ2) is 8.78. The van der Waals surface area contributed by atoms with Crippen LogP contribution in [0.3, 0.4) is 0 Å². The summed E-state index contributed by atoms with van der Waals surface area (Å²) in [6, 6.07) is 0. The van der Waals surface area contributed by atoms with Crippen molar-refractivity contribution < 1.29 is 9.90 Å². The standard InChI is InChI=1S/C13H23N7O2/c1-8-10(14)19-11(15)9(18-8)12(22)20-13(16)17-6-4-2-3-5-7-21/h21H,2-7H2,1H3,(H4,14,15,19)(H3,16,17,20,22). The third-order valence-corrected chi connectivity index (χ3v) is 2.94. The lowest BCUT2D eigenvalue weighted by atomic mass is 10.2. The fourth-order valence-electron chi connectivity index (χ4n) is 1.70. The van der Waals surface area contributed by atoms with Gasteiger partial charge in [0.05, 0.1) is 5.69 Å². The molecule has 0 unspecified atom stereocenters. The molecule has 0 aliphatic carbocycles. The maximum Gasteiger partial charge on any atom is 0.280 e. The number of nitrogen functional groups attached to an aromatic ring is 2. The number of anilines is 2. The first-order chi connectivity index (χ1) is 10.5. The number of aliphatic hydroxyl groups excluding tert-OH is 1. The SMILES string of the molecule is Cc1nc(C(=O)NC(N)=NCCCCCCO)c(N)nc1N. The zero-order chi connectivity index (χ0) is 16.5. The smallest absolute Gasteiger partial charge is 0.280 e. The van der Waals surface area contributed by atoms with Crippen molar-refractivity contribution in [3.8, 4) is 0 Å². The second-order valence-electron chi connectivity index (χ2n) is 4.79. The Morgan fingerprint density at radius 2 is 1.86 bits per heavy atom. The lowest BCUT2D eigenvalue weighted by Crippen LogP contribution is -2.38. The molecule has 122 valence electrons. The topological polar surface area (TPSA) is 166 Å². The average Bonchev–Trinajstić information content (AvgIpc) is 2.46. The Kier molecular flexibility index (Phi) is 7.03. The Bertz CT molecular complexity index is 545. The zero-order valence-electron chi connectivity index (χ0n) is 12.7. The van der Waals surface area contributed by atoms with E-state index in [2.05, 4.69) is 20.3 Å². The van der Waals surface area contributed by atoms with Gasteiger partial charge in [-0.3, -0.25) is 15.1 Å². The van der Waals surface area contributed by atoms with Crippen LogP contribution < -0.4 is 22.5 Å². The Morgan fingerprint density at radius 3 is 2.55 bits per heavy atom. The molecule has 1 heterocycles. The van der Waals surface area contributed by atoms with Crippen LogP contribution in [-0.4, -0.2) is 40.1 Å². The van der Waals surface area contributed by atoms with Crippen LogP contribution in [-0.2, 0) is 0 Å². The number of nitrogens with zero attached hydrogens (tertiary/aromatic N) is 3. The fourth-order valence-corrected chi connectivity index (χ4v) is 1.70. The lowest BCUT2D eigenvalue weighted by Gasteiger charge is -2.08. The first kappa shape index (κ1) is 17.6. The van der Waals surface area contributed by atoms with Gasteiger partial charge in [-0.2, -0.15) is 0 Å². The van der Waals surface area contributed by atoms with Gasteiger partial charge in [-0.05, 0) is 19.8 Å². The summed E-state index contributed by atoms with van der Waals surface area (Å²) >= 11 is 0. The van der Waals surface area contributed by atoms with E-state index in [4.69, 9.17) is 22.3 Å². The van der Waals surface area contributed by atoms with E-state index in [0.717, 1.165) is 25.7 Å². The van der Waals surface area contributed by atoms with Gasteiger partial charge in [0.2, 0.25) is 0 Å². The molecule has 0 saturated heterocycles. The summed E-state index contributed by atoms with van der Waals surface area (Å²) in [6.07, 6.45) is 3.50. The van der Waals surface area contributed by atoms with Crippen molar-refractivity contribution in [1.29, 1.82) is 0 Å². The maximum atomic E-state index is 12.0. The third-order valence-electron chi connectivity index (χ3n) is 2.94. The highest BCUT2D eigenvalue weighted by atomic mass is 16.2. The van der Waals surface area contributed by atoms with Crippen molar-refractivity contribution in [3.63, 3.8) is 0 Å². The van der Waals surface area contributed by atoms with Gasteiger partial charge in [0.25, 0.3) is 5.91 Å². The number of carbonyl (C=O) groups excluding carboxylic acids is 1. The largest absolute Gasteiger partial charge is 0.396 e. The molecule has 22 heavy (non-hydrogen) atoms. The first-order valence-corrected chi connectivity index (χ1v) is 7.07. The highest BCUT2D eigenvalue weighted by molar-refractivity contribution is 6.06. The molecule has 0 spiro atoms. The molecule has 0 aliphatic rings. The molecule has 9 heteroatoms. The molecule has 1 rings (SSSR count). The van der Waals surface area contributed by atoms with E-state index in [1.807, 2.05) is 0 Å². The molecular weight excluding hydrogens is 286 g/mol. The van der Waals surface area contributed by atoms with E-state index >= 15 is 0 Å². The normalized spacial score (nSPS) is 11.5. The Hall–Kier alpha value is -2.42. The highest BCUT2D eigenvalue weighted by Crippen LogP contribution is 2.11. The predicted molar refractivity (Wildman–Crippen MR) is 85.1 cm³/mol. The molecule has 0 saturated carbocycles. The van der Waals surface area contributed by atoms with Gasteiger partial charge in [-0.15, -0.1) is 0 Å². The quantitative estimate of drug-likeness (QED) is 0.258. The van der Waals surface area contributed by atoms with Gasteiger partial charge in [0.1, 0.15) is 5.82 Å². The fraction of sp³-hybridized carbons (Fsp3) is 0.538. The number of nitrogens with two attached hydrogens (primary N) is 3. The monoisotopic (exact) mass is 309 g/mol. The minimum atomic E-state index is -0.574. The van der Waals surface area contributed by atoms with Crippen LogP contribution in [0.15, 0.2) is 4.99 Å². The van der Waals surface area contributed by atoms with Crippen molar-refractivity contribution in [2.24, 2.45) is 10.7 Å². The van der Waals surface area contributed by atoms with Crippen LogP contribution in [0, 0.1) is 6.92 Å². The van der Waals surface area contributed by atoms with E-state index in [-0.39, 0.29) is 29.9 Å². The summed E-state index contributed by atoms with van der Waals surface area (Å²) in [5.74, 6) is -0.451. The lowest BCUT2D eigenvalue weighted by molar-refractivity contribution is 0.0972. The van der Waals surface area contributed by atoms with Crippen LogP contribution in [0.25, 0.3) is 0 Å². The number of aliphatic imine (C=N–C) groups is 1. The predicted octanol–water partition coefficient (Wildman–Crippen LogP) is -0.453. The van der Waals surface area contributed by atoms with E-state index in [9.17, 15) is 4.79 Å². The van der Waals surface area contributed by atoms with E-state index in [1.54, 1.807) is 6.92 Å². The zero-order valence-corrected chi connectivity index (χ0v) is 12.7. The summed E-state index contributed by atoms with van der Waals surface area (Å²) in [4.78, 5) is 23.9. The Morgan fingerprint density at radius 1 is 1.18 bits per heavy atom. The number of rotatable bonds is 7. The number of carbonyl (C=O) groups is 1. The average molecular weight is 309 g/mol. The summed E-state index contributed by atoms with van der Waals surface area (Å²) in [6.45, 7) is 2.33. The second-order valence-corrected chi connectivity index (χ2v) is 4.79. The minimum Gasteiger partial charge on any atom is -0.396 e. The third kappa shape index (κ3) is 5.52. The van der Waals surface area contributed by atoms with E-state index in [1.165, 1.54) is 0 Å². The molecule has 8 N–H and O–H groups in total. The van der Waals surface area contributed by atoms with Gasteiger partial charge in [0, 0.05) is 13.2 Å². The van der Waals surface area contributed by atoms with Crippen molar-refractivity contribution in [2.75, 3.05) is 24.6 Å². The molecular formula is C13H23N7O2. The molecule has 0 fully saturated rings. The molecule has 0 bridgehead atoms. The van der Waals surface area contributed by atoms with Gasteiger partial charge < -0.3 is 22.3 Å². The number of hydrogen-bond acceptors (Lipinski definition) is 7. The number of aryl methyl sites for hydroxylation is 1. The number of hydrogen-bond donors (Lipinski definition) is 5. The van der Waals surface area contributed by atoms with Crippen molar-refractivity contribution in [1.82, 2.24) is 15.3 Å². The van der Waals surface area contributed by atoms with Crippen molar-refractivity contribution >= 4 is 23.5 Å². The molecule has 9 nitrogen and oxygen atoms in total. The van der Waals surface area contributed by atoms with Crippen molar-refractivity contribution in [3.05, 3.63) is 11.4 Å². The van der Waals surface area contributed by atoms with Crippen LogP contribution >= 0.6 is 0 Å². The molecule has 1 aromatic rings.